The maximum atomic E-state index is 12.6. The second-order valence-corrected chi connectivity index (χ2v) is 10.1. The standard InChI is InChI=1S/C23H34N2O3/c1-22(2)17-11-13-23(22,3)19(15-17)24-20(26)12-14-25(4,5)16-21(27)28-18-9-7-6-8-10-18/h6-10,17,19H,11-16H2,1-5H3/p+1/t17-,19-,23+/m0/s1. The van der Waals surface area contributed by atoms with E-state index in [-0.39, 0.29) is 29.9 Å². The lowest BCUT2D eigenvalue weighted by Gasteiger charge is -2.39. The van der Waals surface area contributed by atoms with E-state index in [1.165, 1.54) is 12.8 Å². The molecule has 1 N–H and O–H groups in total. The van der Waals surface area contributed by atoms with Gasteiger partial charge in [0.25, 0.3) is 0 Å². The van der Waals surface area contributed by atoms with Crippen molar-refractivity contribution in [3.8, 4) is 5.75 Å². The Morgan fingerprint density at radius 3 is 2.43 bits per heavy atom. The van der Waals surface area contributed by atoms with Gasteiger partial charge in [0, 0.05) is 6.04 Å². The molecule has 5 nitrogen and oxygen atoms in total. The van der Waals surface area contributed by atoms with Crippen molar-refractivity contribution in [1.82, 2.24) is 5.32 Å². The quantitative estimate of drug-likeness (QED) is 0.443. The molecule has 0 heterocycles. The first-order chi connectivity index (χ1) is 13.0. The van der Waals surface area contributed by atoms with Crippen LogP contribution < -0.4 is 10.1 Å². The minimum absolute atomic E-state index is 0.0946. The molecule has 1 amide bonds. The van der Waals surface area contributed by atoms with Gasteiger partial charge in [-0.25, -0.2) is 4.79 Å². The fourth-order valence-electron chi connectivity index (χ4n) is 5.17. The molecule has 0 unspecified atom stereocenters. The van der Waals surface area contributed by atoms with Crippen molar-refractivity contribution in [2.24, 2.45) is 16.7 Å². The average molecular weight is 388 g/mol. The van der Waals surface area contributed by atoms with Crippen molar-refractivity contribution in [2.45, 2.75) is 52.5 Å². The molecule has 2 fully saturated rings. The highest BCUT2D eigenvalue weighted by atomic mass is 16.5. The highest BCUT2D eigenvalue weighted by Crippen LogP contribution is 2.65. The van der Waals surface area contributed by atoms with Crippen molar-refractivity contribution >= 4 is 11.9 Å². The van der Waals surface area contributed by atoms with E-state index in [2.05, 4.69) is 26.1 Å². The number of hydrogen-bond acceptors (Lipinski definition) is 3. The Bertz CT molecular complexity index is 729. The molecule has 0 aromatic heterocycles. The first-order valence-electron chi connectivity index (χ1n) is 10.4. The number of likely N-dealkylation sites (N-methyl/N-ethyl adjacent to an activating group) is 1. The Labute approximate surface area is 169 Å². The summed E-state index contributed by atoms with van der Waals surface area (Å²) in [6, 6.07) is 9.36. The fraction of sp³-hybridized carbons (Fsp3) is 0.652. The smallest absolute Gasteiger partial charge is 0.367 e. The van der Waals surface area contributed by atoms with E-state index in [9.17, 15) is 9.59 Å². The van der Waals surface area contributed by atoms with Crippen LogP contribution in [0.2, 0.25) is 0 Å². The molecule has 0 aliphatic heterocycles. The number of hydrogen-bond donors (Lipinski definition) is 1. The first-order valence-corrected chi connectivity index (χ1v) is 10.4. The number of carbonyl (C=O) groups excluding carboxylic acids is 2. The summed E-state index contributed by atoms with van der Waals surface area (Å²) in [5.41, 5.74) is 0.485. The summed E-state index contributed by atoms with van der Waals surface area (Å²) < 4.78 is 5.80. The van der Waals surface area contributed by atoms with E-state index in [4.69, 9.17) is 4.74 Å². The molecule has 0 saturated heterocycles. The van der Waals surface area contributed by atoms with Gasteiger partial charge in [-0.2, -0.15) is 0 Å². The summed E-state index contributed by atoms with van der Waals surface area (Å²) in [5, 5.41) is 3.31. The lowest BCUT2D eigenvalue weighted by molar-refractivity contribution is -0.882. The lowest BCUT2D eigenvalue weighted by atomic mass is 9.69. The van der Waals surface area contributed by atoms with Crippen LogP contribution >= 0.6 is 0 Å². The molecule has 1 aromatic carbocycles. The van der Waals surface area contributed by atoms with Crippen molar-refractivity contribution in [1.29, 1.82) is 0 Å². The molecule has 2 aliphatic carbocycles. The van der Waals surface area contributed by atoms with E-state index in [1.807, 2.05) is 32.3 Å². The summed E-state index contributed by atoms with van der Waals surface area (Å²) in [5.74, 6) is 1.08. The number of nitrogens with zero attached hydrogens (tertiary/aromatic N) is 1. The molecular weight excluding hydrogens is 352 g/mol. The second-order valence-electron chi connectivity index (χ2n) is 10.1. The predicted molar refractivity (Wildman–Crippen MR) is 110 cm³/mol. The van der Waals surface area contributed by atoms with Gasteiger partial charge in [-0.3, -0.25) is 4.79 Å². The third-order valence-corrected chi connectivity index (χ3v) is 7.61. The van der Waals surface area contributed by atoms with Gasteiger partial charge in [0.05, 0.1) is 27.1 Å². The third kappa shape index (κ3) is 4.09. The number of nitrogens with one attached hydrogen (secondary N) is 1. The summed E-state index contributed by atoms with van der Waals surface area (Å²) >= 11 is 0. The van der Waals surface area contributed by atoms with Crippen LogP contribution in [0.1, 0.15) is 46.5 Å². The zero-order valence-corrected chi connectivity index (χ0v) is 18.0. The second kappa shape index (κ2) is 7.51. The molecule has 3 rings (SSSR count). The third-order valence-electron chi connectivity index (χ3n) is 7.61. The van der Waals surface area contributed by atoms with Crippen LogP contribution in [0.3, 0.4) is 0 Å². The molecule has 28 heavy (non-hydrogen) atoms. The van der Waals surface area contributed by atoms with Crippen LogP contribution in [0.25, 0.3) is 0 Å². The number of para-hydroxylation sites is 1. The van der Waals surface area contributed by atoms with Crippen LogP contribution in [0.15, 0.2) is 30.3 Å². The Balaban J connectivity index is 1.47. The molecule has 1 aromatic rings. The van der Waals surface area contributed by atoms with Gasteiger partial charge in [0.1, 0.15) is 5.75 Å². The largest absolute Gasteiger partial charge is 0.422 e. The molecule has 3 atom stereocenters. The van der Waals surface area contributed by atoms with Crippen LogP contribution in [-0.2, 0) is 9.59 Å². The van der Waals surface area contributed by atoms with Gasteiger partial charge in [-0.15, -0.1) is 0 Å². The van der Waals surface area contributed by atoms with Gasteiger partial charge < -0.3 is 14.5 Å². The predicted octanol–water partition coefficient (Wildman–Crippen LogP) is 3.39. The number of ether oxygens (including phenoxy) is 1. The molecule has 5 heteroatoms. The highest BCUT2D eigenvalue weighted by Gasteiger charge is 2.61. The summed E-state index contributed by atoms with van der Waals surface area (Å²) in [4.78, 5) is 24.8. The lowest BCUT2D eigenvalue weighted by Crippen LogP contribution is -2.50. The first kappa shape index (κ1) is 20.8. The Kier molecular flexibility index (Phi) is 5.59. The number of benzene rings is 1. The maximum absolute atomic E-state index is 12.6. The van der Waals surface area contributed by atoms with Crippen molar-refractivity contribution in [3.05, 3.63) is 30.3 Å². The van der Waals surface area contributed by atoms with Gasteiger partial charge in [0.15, 0.2) is 6.54 Å². The van der Waals surface area contributed by atoms with E-state index in [1.54, 1.807) is 12.1 Å². The van der Waals surface area contributed by atoms with E-state index in [0.29, 0.717) is 34.5 Å². The number of amides is 1. The van der Waals surface area contributed by atoms with Crippen LogP contribution in [0.4, 0.5) is 0 Å². The maximum Gasteiger partial charge on any atom is 0.367 e. The van der Waals surface area contributed by atoms with Crippen LogP contribution in [0, 0.1) is 16.7 Å². The fourth-order valence-corrected chi connectivity index (χ4v) is 5.17. The van der Waals surface area contributed by atoms with Crippen molar-refractivity contribution in [2.75, 3.05) is 27.2 Å². The molecule has 2 saturated carbocycles. The average Bonchev–Trinajstić information content (AvgIpc) is 2.94. The number of carbonyl (C=O) groups is 2. The SMILES string of the molecule is CC1(C)[C@H]2CC[C@]1(C)[C@@H](NC(=O)CC[N+](C)(C)CC(=O)Oc1ccccc1)C2. The van der Waals surface area contributed by atoms with Crippen molar-refractivity contribution in [3.63, 3.8) is 0 Å². The Morgan fingerprint density at radius 1 is 1.18 bits per heavy atom. The topological polar surface area (TPSA) is 55.4 Å². The zero-order valence-electron chi connectivity index (χ0n) is 18.0. The highest BCUT2D eigenvalue weighted by molar-refractivity contribution is 5.76. The molecule has 0 radical (unpaired) electrons. The molecule has 2 aliphatic rings. The molecular formula is C23H35N2O3+. The minimum atomic E-state index is -0.279. The number of esters is 1. The number of fused-ring (bicyclic) bond motifs is 2. The molecule has 2 bridgehead atoms. The van der Waals surface area contributed by atoms with Crippen LogP contribution in [0.5, 0.6) is 5.75 Å². The Hall–Kier alpha value is -1.88. The summed E-state index contributed by atoms with van der Waals surface area (Å²) in [6.45, 7) is 7.89. The van der Waals surface area contributed by atoms with Gasteiger partial charge in [0.2, 0.25) is 5.91 Å². The normalized spacial score (nSPS) is 28.2. The zero-order chi connectivity index (χ0) is 20.6. The van der Waals surface area contributed by atoms with Crippen LogP contribution in [-0.4, -0.2) is 49.6 Å². The molecule has 0 spiro atoms. The number of rotatable bonds is 7. The van der Waals surface area contributed by atoms with Crippen molar-refractivity contribution < 1.29 is 18.8 Å². The molecule has 154 valence electrons. The van der Waals surface area contributed by atoms with Gasteiger partial charge in [-0.1, -0.05) is 39.0 Å². The van der Waals surface area contributed by atoms with E-state index >= 15 is 0 Å². The monoisotopic (exact) mass is 387 g/mol. The Morgan fingerprint density at radius 2 is 1.86 bits per heavy atom. The minimum Gasteiger partial charge on any atom is -0.422 e. The van der Waals surface area contributed by atoms with E-state index < -0.39 is 0 Å². The summed E-state index contributed by atoms with van der Waals surface area (Å²) in [7, 11) is 3.92. The van der Waals surface area contributed by atoms with E-state index in [0.717, 1.165) is 6.42 Å². The van der Waals surface area contributed by atoms with Gasteiger partial charge >= 0.3 is 5.97 Å². The summed E-state index contributed by atoms with van der Waals surface area (Å²) in [6.07, 6.45) is 3.99. The number of quaternary nitrogens is 1. The van der Waals surface area contributed by atoms with Gasteiger partial charge in [-0.05, 0) is 48.1 Å².